The molecule has 0 radical (unpaired) electrons. The summed E-state index contributed by atoms with van der Waals surface area (Å²) in [6.07, 6.45) is 2.82. The molecule has 0 aliphatic rings. The van der Waals surface area contributed by atoms with Crippen LogP contribution >= 0.6 is 0 Å². The van der Waals surface area contributed by atoms with Crippen LogP contribution in [-0.2, 0) is 0 Å². The topological polar surface area (TPSA) is 78.6 Å². The van der Waals surface area contributed by atoms with Gasteiger partial charge in [-0.05, 0) is 18.2 Å². The molecule has 5 heteroatoms. The summed E-state index contributed by atoms with van der Waals surface area (Å²) in [5, 5.41) is 0.940. The van der Waals surface area contributed by atoms with Gasteiger partial charge in [0.15, 0.2) is 5.78 Å². The standard InChI is InChI=1S/C14H11N3O2/c1-8(18)12-5-10-4-9(2-3-11(10)17-12)13-6-16-14(19)7-15-13/h2-7,17H,1H3,(H,16,19). The summed E-state index contributed by atoms with van der Waals surface area (Å²) >= 11 is 0. The van der Waals surface area contributed by atoms with E-state index >= 15 is 0 Å². The van der Waals surface area contributed by atoms with E-state index in [2.05, 4.69) is 15.0 Å². The minimum absolute atomic E-state index is 0.0000776. The summed E-state index contributed by atoms with van der Waals surface area (Å²) in [6, 6.07) is 7.53. The number of rotatable bonds is 2. The minimum atomic E-state index is -0.231. The van der Waals surface area contributed by atoms with Crippen LogP contribution in [0.3, 0.4) is 0 Å². The maximum atomic E-state index is 11.3. The highest BCUT2D eigenvalue weighted by atomic mass is 16.1. The van der Waals surface area contributed by atoms with Gasteiger partial charge in [-0.25, -0.2) is 4.98 Å². The van der Waals surface area contributed by atoms with Gasteiger partial charge in [0.05, 0.1) is 17.6 Å². The van der Waals surface area contributed by atoms with Crippen molar-refractivity contribution in [2.75, 3.05) is 0 Å². The van der Waals surface area contributed by atoms with Gasteiger partial charge >= 0.3 is 0 Å². The zero-order valence-electron chi connectivity index (χ0n) is 10.2. The fourth-order valence-electron chi connectivity index (χ4n) is 1.98. The van der Waals surface area contributed by atoms with Crippen LogP contribution in [-0.4, -0.2) is 20.7 Å². The Kier molecular flexibility index (Phi) is 2.52. The molecular formula is C14H11N3O2. The third-order valence-corrected chi connectivity index (χ3v) is 2.97. The molecule has 3 aromatic rings. The van der Waals surface area contributed by atoms with E-state index in [4.69, 9.17) is 0 Å². The molecule has 0 aliphatic heterocycles. The third kappa shape index (κ3) is 2.06. The molecule has 2 N–H and O–H groups in total. The van der Waals surface area contributed by atoms with E-state index in [9.17, 15) is 9.59 Å². The van der Waals surface area contributed by atoms with Crippen LogP contribution in [0.4, 0.5) is 0 Å². The number of H-pyrrole nitrogens is 2. The predicted molar refractivity (Wildman–Crippen MR) is 72.2 cm³/mol. The van der Waals surface area contributed by atoms with E-state index in [1.54, 1.807) is 6.20 Å². The molecule has 0 aliphatic carbocycles. The van der Waals surface area contributed by atoms with Crippen LogP contribution in [0.5, 0.6) is 0 Å². The number of nitrogens with one attached hydrogen (secondary N) is 2. The van der Waals surface area contributed by atoms with Gasteiger partial charge in [-0.1, -0.05) is 6.07 Å². The fourth-order valence-corrected chi connectivity index (χ4v) is 1.98. The molecule has 0 saturated heterocycles. The number of ketones is 1. The van der Waals surface area contributed by atoms with Crippen molar-refractivity contribution in [1.29, 1.82) is 0 Å². The van der Waals surface area contributed by atoms with Crippen molar-refractivity contribution in [2.45, 2.75) is 6.92 Å². The normalized spacial score (nSPS) is 10.8. The van der Waals surface area contributed by atoms with Gasteiger partial charge in [-0.3, -0.25) is 9.59 Å². The van der Waals surface area contributed by atoms with Gasteiger partial charge in [0.1, 0.15) is 0 Å². The Morgan fingerprint density at radius 3 is 2.79 bits per heavy atom. The largest absolute Gasteiger partial charge is 0.352 e. The van der Waals surface area contributed by atoms with Crippen LogP contribution < -0.4 is 5.56 Å². The zero-order chi connectivity index (χ0) is 13.4. The Balaban J connectivity index is 2.13. The molecule has 0 bridgehead atoms. The van der Waals surface area contributed by atoms with E-state index in [-0.39, 0.29) is 11.3 Å². The number of aromatic amines is 2. The van der Waals surface area contributed by atoms with Crippen LogP contribution in [0.15, 0.2) is 41.5 Å². The molecule has 0 unspecified atom stereocenters. The van der Waals surface area contributed by atoms with Crippen molar-refractivity contribution < 1.29 is 4.79 Å². The highest BCUT2D eigenvalue weighted by Crippen LogP contribution is 2.23. The third-order valence-electron chi connectivity index (χ3n) is 2.97. The first-order chi connectivity index (χ1) is 9.13. The van der Waals surface area contributed by atoms with Crippen LogP contribution in [0.1, 0.15) is 17.4 Å². The molecule has 2 heterocycles. The number of fused-ring (bicyclic) bond motifs is 1. The first-order valence-electron chi connectivity index (χ1n) is 5.82. The highest BCUT2D eigenvalue weighted by Gasteiger charge is 2.06. The van der Waals surface area contributed by atoms with Gasteiger partial charge in [-0.15, -0.1) is 0 Å². The number of nitrogens with zero attached hydrogens (tertiary/aromatic N) is 1. The lowest BCUT2D eigenvalue weighted by atomic mass is 10.1. The van der Waals surface area contributed by atoms with Gasteiger partial charge < -0.3 is 9.97 Å². The van der Waals surface area contributed by atoms with Gasteiger partial charge in [-0.2, -0.15) is 0 Å². The number of carbonyl (C=O) groups is 1. The Morgan fingerprint density at radius 1 is 1.26 bits per heavy atom. The molecule has 2 aromatic heterocycles. The lowest BCUT2D eigenvalue weighted by molar-refractivity contribution is 0.101. The summed E-state index contributed by atoms with van der Waals surface area (Å²) in [5.41, 5.74) is 2.83. The smallest absolute Gasteiger partial charge is 0.266 e. The van der Waals surface area contributed by atoms with Gasteiger partial charge in [0, 0.05) is 29.6 Å². The van der Waals surface area contributed by atoms with E-state index in [0.29, 0.717) is 11.4 Å². The van der Waals surface area contributed by atoms with Crippen molar-refractivity contribution in [1.82, 2.24) is 15.0 Å². The van der Waals surface area contributed by atoms with E-state index in [1.807, 2.05) is 24.3 Å². The van der Waals surface area contributed by atoms with Crippen molar-refractivity contribution in [3.8, 4) is 11.3 Å². The SMILES string of the molecule is CC(=O)c1cc2cc(-c3c[nH]c(=O)cn3)ccc2[nH]1. The highest BCUT2D eigenvalue weighted by molar-refractivity contribution is 5.98. The molecular weight excluding hydrogens is 242 g/mol. The molecule has 1 aromatic carbocycles. The quantitative estimate of drug-likeness (QED) is 0.686. The molecule has 94 valence electrons. The lowest BCUT2D eigenvalue weighted by Gasteiger charge is -1.99. The lowest BCUT2D eigenvalue weighted by Crippen LogP contribution is -2.04. The molecule has 0 saturated carbocycles. The Labute approximate surface area is 108 Å². The Hall–Kier alpha value is -2.69. The molecule has 0 fully saturated rings. The molecule has 0 atom stereocenters. The van der Waals surface area contributed by atoms with E-state index in [1.165, 1.54) is 13.1 Å². The number of aromatic nitrogens is 3. The minimum Gasteiger partial charge on any atom is -0.352 e. The first-order valence-corrected chi connectivity index (χ1v) is 5.82. The average Bonchev–Trinajstić information content (AvgIpc) is 2.82. The average molecular weight is 253 g/mol. The van der Waals surface area contributed by atoms with Crippen molar-refractivity contribution in [3.63, 3.8) is 0 Å². The molecule has 0 amide bonds. The molecule has 3 rings (SSSR count). The van der Waals surface area contributed by atoms with Crippen molar-refractivity contribution >= 4 is 16.7 Å². The monoisotopic (exact) mass is 253 g/mol. The van der Waals surface area contributed by atoms with Gasteiger partial charge in [0.2, 0.25) is 0 Å². The Morgan fingerprint density at radius 2 is 2.11 bits per heavy atom. The first kappa shape index (κ1) is 11.4. The Bertz CT molecular complexity index is 810. The second-order valence-electron chi connectivity index (χ2n) is 4.34. The van der Waals surface area contributed by atoms with E-state index in [0.717, 1.165) is 16.5 Å². The van der Waals surface area contributed by atoms with Gasteiger partial charge in [0.25, 0.3) is 5.56 Å². The van der Waals surface area contributed by atoms with Crippen molar-refractivity contribution in [3.05, 3.63) is 52.7 Å². The second-order valence-corrected chi connectivity index (χ2v) is 4.34. The number of hydrogen-bond donors (Lipinski definition) is 2. The van der Waals surface area contributed by atoms with E-state index < -0.39 is 0 Å². The predicted octanol–water partition coefficient (Wildman–Crippen LogP) is 2.12. The summed E-state index contributed by atoms with van der Waals surface area (Å²) in [4.78, 5) is 32.0. The maximum Gasteiger partial charge on any atom is 0.266 e. The van der Waals surface area contributed by atoms with Crippen LogP contribution in [0, 0.1) is 0 Å². The number of hydrogen-bond acceptors (Lipinski definition) is 3. The molecule has 19 heavy (non-hydrogen) atoms. The second kappa shape index (κ2) is 4.20. The zero-order valence-corrected chi connectivity index (χ0v) is 10.2. The molecule has 0 spiro atoms. The summed E-state index contributed by atoms with van der Waals surface area (Å²) in [7, 11) is 0. The fraction of sp³-hybridized carbons (Fsp3) is 0.0714. The van der Waals surface area contributed by atoms with Crippen LogP contribution in [0.25, 0.3) is 22.2 Å². The number of Topliss-reactive ketones (excluding diaryl/α,β-unsaturated/α-hetero) is 1. The van der Waals surface area contributed by atoms with Crippen LogP contribution in [0.2, 0.25) is 0 Å². The van der Waals surface area contributed by atoms with Crippen molar-refractivity contribution in [2.24, 2.45) is 0 Å². The molecule has 5 nitrogen and oxygen atoms in total. The number of benzene rings is 1. The summed E-state index contributed by atoms with van der Waals surface area (Å²) < 4.78 is 0. The maximum absolute atomic E-state index is 11.3. The summed E-state index contributed by atoms with van der Waals surface area (Å²) in [6.45, 7) is 1.52. The number of carbonyl (C=O) groups excluding carboxylic acids is 1. The summed E-state index contributed by atoms with van der Waals surface area (Å²) in [5.74, 6) is -0.0000776.